The van der Waals surface area contributed by atoms with Gasteiger partial charge < -0.3 is 29.2 Å². The van der Waals surface area contributed by atoms with E-state index >= 15 is 0 Å². The van der Waals surface area contributed by atoms with Crippen molar-refractivity contribution < 1.29 is 41.6 Å². The first-order chi connectivity index (χ1) is 38.5. The van der Waals surface area contributed by atoms with Gasteiger partial charge in [0.15, 0.2) is 8.32 Å². The molecule has 4 saturated heterocycles. The van der Waals surface area contributed by atoms with Crippen LogP contribution in [-0.4, -0.2) is 144 Å². The predicted molar refractivity (Wildman–Crippen MR) is 327 cm³/mol. The number of phenolic OH excluding ortho intramolecular Hbond substituents is 1. The fourth-order valence-electron chi connectivity index (χ4n) is 11.6. The van der Waals surface area contributed by atoms with E-state index < -0.39 is 24.5 Å². The number of pyridine rings is 2. The number of carbonyl (C=O) groups is 2. The number of aromatic hydroxyl groups is 1. The number of aryl methyl sites for hydroxylation is 3. The van der Waals surface area contributed by atoms with Crippen molar-refractivity contribution >= 4 is 30.2 Å². The van der Waals surface area contributed by atoms with E-state index in [-0.39, 0.29) is 58.6 Å². The van der Waals surface area contributed by atoms with E-state index in [1.165, 1.54) is 16.7 Å². The van der Waals surface area contributed by atoms with E-state index in [2.05, 4.69) is 108 Å². The molecular formula is C65H92N6O9SSi. The second-order valence-corrected chi connectivity index (χ2v) is 31.1. The van der Waals surface area contributed by atoms with Crippen LogP contribution in [0.3, 0.4) is 0 Å². The van der Waals surface area contributed by atoms with Gasteiger partial charge in [-0.3, -0.25) is 33.5 Å². The van der Waals surface area contributed by atoms with Crippen LogP contribution in [-0.2, 0) is 31.6 Å². The standard InChI is InChI=1S/C26H35N3O3.C23H29N3O2.C16H28O4SSi/c1-6-21-8-7-20(12-27-21)26(31)29-14-22-11-23(29)13-28(22)19(5)24-9-10-25(18(4)17(24)3)32-15-16(2)30;1-5-18-7-6-17(11-24-18)23(28)26-13-19-10-20(26)12-25(19)16(4)21-8-9-22(27)15(3)14(21)2;1-13-8-10-15(11-9-13)21(17,18)19-12-14(2)20-22(6,7)16(3,4)5/h7-10,12,16,19,22-23,30H,6,11,13-15H2,1-5H3;6-9,11,16,19-20,27H,5,10,12-13H2,1-4H3;8-11,14H,12H2,1-7H3/t16-,19+,22+,23+;16-,19-,20-;14-/m101/s1. The van der Waals surface area contributed by atoms with Crippen LogP contribution in [0.15, 0.2) is 90.1 Å². The second-order valence-electron chi connectivity index (χ2n) is 24.8. The molecule has 4 aliphatic heterocycles. The summed E-state index contributed by atoms with van der Waals surface area (Å²) < 4.78 is 41.3. The lowest BCUT2D eigenvalue weighted by atomic mass is 9.96. The van der Waals surface area contributed by atoms with Crippen molar-refractivity contribution in [1.82, 2.24) is 29.6 Å². The molecule has 446 valence electrons. The van der Waals surface area contributed by atoms with Crippen LogP contribution in [0.1, 0.15) is 158 Å². The van der Waals surface area contributed by atoms with E-state index in [4.69, 9.17) is 13.3 Å². The number of phenols is 1. The number of ether oxygens (including phenoxy) is 1. The van der Waals surface area contributed by atoms with Crippen LogP contribution in [0.4, 0.5) is 0 Å². The van der Waals surface area contributed by atoms with E-state index in [0.717, 1.165) is 91.3 Å². The first-order valence-corrected chi connectivity index (χ1v) is 33.7. The molecular weight excluding hydrogens is 1070 g/mol. The van der Waals surface area contributed by atoms with Crippen molar-refractivity contribution in [2.75, 3.05) is 39.4 Å². The highest BCUT2D eigenvalue weighted by atomic mass is 32.2. The fraction of sp³-hybridized carbons (Fsp3) is 0.538. The third-order valence-corrected chi connectivity index (χ3v) is 23.9. The van der Waals surface area contributed by atoms with E-state index in [1.54, 1.807) is 49.6 Å². The van der Waals surface area contributed by atoms with Crippen LogP contribution in [0.2, 0.25) is 18.1 Å². The number of benzene rings is 3. The second kappa shape index (κ2) is 26.6. The van der Waals surface area contributed by atoms with Gasteiger partial charge in [-0.05, 0) is 188 Å². The number of aliphatic hydroxyl groups excluding tert-OH is 1. The molecule has 3 aromatic carbocycles. The highest BCUT2D eigenvalue weighted by Gasteiger charge is 2.49. The van der Waals surface area contributed by atoms with E-state index in [1.807, 2.05) is 67.0 Å². The Labute approximate surface area is 490 Å². The SMILES string of the molecule is CCc1ccc(C(=O)N2C[C@@H]3C[C@H]2CN3[C@@H](C)c2ccc(O)c(C)c2C)cn1.CCc1ccc(C(=O)N2C[C@@H]3C[C@H]2CN3[C@@H](C)c2ccc(OC[C@@H](C)O)c(C)c2C)cn1.Cc1ccc(S(=O)(=O)OC[C@@H](C)O[Si](C)(C)C(C)(C)C)cc1. The summed E-state index contributed by atoms with van der Waals surface area (Å²) in [6, 6.07) is 24.2. The molecule has 17 heteroatoms. The normalized spacial score (nSPS) is 20.4. The molecule has 2 aromatic heterocycles. The number of fused-ring (bicyclic) bond motifs is 4. The Hall–Kier alpha value is -5.53. The minimum atomic E-state index is -3.73. The summed E-state index contributed by atoms with van der Waals surface area (Å²) in [5, 5.41) is 19.5. The van der Waals surface area contributed by atoms with Crippen LogP contribution >= 0.6 is 0 Å². The number of aliphatic hydroxyl groups is 1. The maximum absolute atomic E-state index is 13.1. The highest BCUT2D eigenvalue weighted by Crippen LogP contribution is 2.42. The molecule has 2 amide bonds. The van der Waals surface area contributed by atoms with Crippen molar-refractivity contribution in [3.8, 4) is 11.5 Å². The van der Waals surface area contributed by atoms with Crippen molar-refractivity contribution in [2.45, 2.75) is 194 Å². The molecule has 0 unspecified atom stereocenters. The molecule has 6 heterocycles. The van der Waals surface area contributed by atoms with Crippen molar-refractivity contribution in [3.05, 3.63) is 147 Å². The van der Waals surface area contributed by atoms with Gasteiger partial charge in [-0.15, -0.1) is 0 Å². The zero-order chi connectivity index (χ0) is 60.2. The average molecular weight is 1160 g/mol. The number of hydrogen-bond donors (Lipinski definition) is 2. The summed E-state index contributed by atoms with van der Waals surface area (Å²) in [4.78, 5) is 44.1. The summed E-state index contributed by atoms with van der Waals surface area (Å²) in [6.45, 7) is 36.8. The lowest BCUT2D eigenvalue weighted by Gasteiger charge is -2.38. The van der Waals surface area contributed by atoms with Gasteiger partial charge in [-0.25, -0.2) is 0 Å². The third-order valence-electron chi connectivity index (χ3n) is 18.0. The number of hydrogen-bond acceptors (Lipinski definition) is 13. The highest BCUT2D eigenvalue weighted by molar-refractivity contribution is 7.86. The van der Waals surface area contributed by atoms with Gasteiger partial charge in [0.05, 0.1) is 34.8 Å². The molecule has 0 radical (unpaired) electrons. The first-order valence-electron chi connectivity index (χ1n) is 29.4. The lowest BCUT2D eigenvalue weighted by molar-refractivity contribution is 0.0563. The molecule has 4 bridgehead atoms. The Balaban J connectivity index is 0.000000180. The molecule has 15 nitrogen and oxygen atoms in total. The number of aromatic nitrogens is 2. The van der Waals surface area contributed by atoms with Gasteiger partial charge in [0.2, 0.25) is 0 Å². The van der Waals surface area contributed by atoms with Crippen LogP contribution < -0.4 is 4.74 Å². The fourth-order valence-corrected chi connectivity index (χ4v) is 14.0. The summed E-state index contributed by atoms with van der Waals surface area (Å²) in [7, 11) is -5.65. The van der Waals surface area contributed by atoms with Gasteiger partial charge in [-0.1, -0.05) is 64.4 Å². The number of rotatable bonds is 17. The van der Waals surface area contributed by atoms with Gasteiger partial charge in [0.1, 0.15) is 18.1 Å². The molecule has 82 heavy (non-hydrogen) atoms. The number of nitrogens with zero attached hydrogens (tertiary/aromatic N) is 6. The third kappa shape index (κ3) is 14.7. The van der Waals surface area contributed by atoms with Gasteiger partial charge >= 0.3 is 0 Å². The minimum absolute atomic E-state index is 0.0305. The number of carbonyl (C=O) groups excluding carboxylic acids is 2. The maximum Gasteiger partial charge on any atom is 0.297 e. The Bertz CT molecular complexity index is 3110. The number of piperazine rings is 2. The smallest absolute Gasteiger partial charge is 0.297 e. The average Bonchev–Trinajstić information content (AvgIpc) is 4.41. The summed E-state index contributed by atoms with van der Waals surface area (Å²) >= 11 is 0. The van der Waals surface area contributed by atoms with Gasteiger partial charge in [0.25, 0.3) is 21.9 Å². The number of likely N-dealkylation sites (tertiary alicyclic amines) is 4. The monoisotopic (exact) mass is 1160 g/mol. The Morgan fingerprint density at radius 1 is 0.646 bits per heavy atom. The van der Waals surface area contributed by atoms with Crippen molar-refractivity contribution in [1.29, 1.82) is 0 Å². The quantitative estimate of drug-likeness (QED) is 0.0665. The maximum atomic E-state index is 13.1. The molecule has 0 saturated carbocycles. The first kappa shape index (κ1) is 64.0. The number of amides is 2. The molecule has 8 atom stereocenters. The Kier molecular flexibility index (Phi) is 20.8. The van der Waals surface area contributed by atoms with Crippen molar-refractivity contribution in [3.63, 3.8) is 0 Å². The summed E-state index contributed by atoms with van der Waals surface area (Å²) in [6.07, 6.45) is 6.52. The van der Waals surface area contributed by atoms with E-state index in [0.29, 0.717) is 35.6 Å². The van der Waals surface area contributed by atoms with Crippen LogP contribution in [0.5, 0.6) is 11.5 Å². The summed E-state index contributed by atoms with van der Waals surface area (Å²) in [5.41, 5.74) is 11.4. The lowest BCUT2D eigenvalue weighted by Crippen LogP contribution is -2.49. The topological polar surface area (TPSA) is 175 Å². The molecule has 5 aromatic rings. The predicted octanol–water partition coefficient (Wildman–Crippen LogP) is 11.4. The van der Waals surface area contributed by atoms with Crippen LogP contribution in [0.25, 0.3) is 0 Å². The zero-order valence-corrected chi connectivity index (χ0v) is 53.4. The van der Waals surface area contributed by atoms with E-state index in [9.17, 15) is 28.2 Å². The van der Waals surface area contributed by atoms with Gasteiger partial charge in [0, 0.05) is 86.2 Å². The largest absolute Gasteiger partial charge is 0.508 e. The van der Waals surface area contributed by atoms with Crippen LogP contribution in [0, 0.1) is 34.6 Å². The Morgan fingerprint density at radius 2 is 1.12 bits per heavy atom. The minimum Gasteiger partial charge on any atom is -0.508 e. The van der Waals surface area contributed by atoms with Crippen molar-refractivity contribution in [2.24, 2.45) is 0 Å². The molecule has 9 rings (SSSR count). The molecule has 4 aliphatic rings. The van der Waals surface area contributed by atoms with Gasteiger partial charge in [-0.2, -0.15) is 8.42 Å². The zero-order valence-electron chi connectivity index (χ0n) is 51.6. The molecule has 0 aliphatic carbocycles. The molecule has 4 fully saturated rings. The molecule has 0 spiro atoms. The Morgan fingerprint density at radius 3 is 1.54 bits per heavy atom. The molecule has 2 N–H and O–H groups in total. The summed E-state index contributed by atoms with van der Waals surface area (Å²) in [5.74, 6) is 1.40.